The fraction of sp³-hybridized carbons (Fsp3) is 0.867. The molecular formula is C15H24N2O3. The van der Waals surface area contributed by atoms with E-state index in [1.54, 1.807) is 0 Å². The van der Waals surface area contributed by atoms with E-state index < -0.39 is 0 Å². The Balaban J connectivity index is 1.62. The Morgan fingerprint density at radius 3 is 2.70 bits per heavy atom. The molecule has 3 aliphatic rings. The summed E-state index contributed by atoms with van der Waals surface area (Å²) in [5.74, 6) is 0.622. The van der Waals surface area contributed by atoms with Crippen LogP contribution in [0.5, 0.6) is 0 Å². The summed E-state index contributed by atoms with van der Waals surface area (Å²) in [5, 5.41) is 2.96. The van der Waals surface area contributed by atoms with Gasteiger partial charge in [-0.25, -0.2) is 0 Å². The van der Waals surface area contributed by atoms with Crippen LogP contribution in [0.2, 0.25) is 0 Å². The first kappa shape index (κ1) is 13.9. The molecule has 3 fully saturated rings. The second-order valence-corrected chi connectivity index (χ2v) is 6.35. The van der Waals surface area contributed by atoms with E-state index >= 15 is 0 Å². The van der Waals surface area contributed by atoms with Gasteiger partial charge in [0.1, 0.15) is 0 Å². The van der Waals surface area contributed by atoms with Gasteiger partial charge in [0.05, 0.1) is 5.41 Å². The highest BCUT2D eigenvalue weighted by atomic mass is 16.5. The zero-order valence-electron chi connectivity index (χ0n) is 12.0. The molecule has 0 radical (unpaired) electrons. The molecular weight excluding hydrogens is 256 g/mol. The van der Waals surface area contributed by atoms with E-state index in [1.165, 1.54) is 0 Å². The van der Waals surface area contributed by atoms with Crippen LogP contribution in [0.1, 0.15) is 38.5 Å². The van der Waals surface area contributed by atoms with Crippen LogP contribution in [0.15, 0.2) is 0 Å². The lowest BCUT2D eigenvalue weighted by atomic mass is 9.79. The Morgan fingerprint density at radius 2 is 2.00 bits per heavy atom. The minimum atomic E-state index is -0.190. The van der Waals surface area contributed by atoms with Crippen molar-refractivity contribution in [3.63, 3.8) is 0 Å². The summed E-state index contributed by atoms with van der Waals surface area (Å²) in [5.41, 5.74) is -0.190. The lowest BCUT2D eigenvalue weighted by Crippen LogP contribution is -2.40. The van der Waals surface area contributed by atoms with Crippen molar-refractivity contribution in [3.8, 4) is 0 Å². The molecule has 112 valence electrons. The Labute approximate surface area is 120 Å². The predicted octanol–water partition coefficient (Wildman–Crippen LogP) is 0.932. The minimum absolute atomic E-state index is 0.134. The Kier molecular flexibility index (Phi) is 3.96. The first-order valence-corrected chi connectivity index (χ1v) is 7.86. The number of nitrogens with zero attached hydrogens (tertiary/aromatic N) is 1. The van der Waals surface area contributed by atoms with Crippen LogP contribution in [0.25, 0.3) is 0 Å². The third-order valence-electron chi connectivity index (χ3n) is 5.20. The summed E-state index contributed by atoms with van der Waals surface area (Å²) >= 11 is 0. The number of likely N-dealkylation sites (tertiary alicyclic amines) is 1. The van der Waals surface area contributed by atoms with Gasteiger partial charge in [0.25, 0.3) is 0 Å². The average molecular weight is 280 g/mol. The van der Waals surface area contributed by atoms with Crippen molar-refractivity contribution in [2.75, 3.05) is 32.8 Å². The molecule has 0 unspecified atom stereocenters. The maximum atomic E-state index is 12.6. The summed E-state index contributed by atoms with van der Waals surface area (Å²) in [7, 11) is 0. The van der Waals surface area contributed by atoms with Gasteiger partial charge in [0, 0.05) is 38.8 Å². The maximum absolute atomic E-state index is 12.6. The monoisotopic (exact) mass is 280 g/mol. The predicted molar refractivity (Wildman–Crippen MR) is 74.0 cm³/mol. The molecule has 20 heavy (non-hydrogen) atoms. The number of rotatable bonds is 1. The summed E-state index contributed by atoms with van der Waals surface area (Å²) in [6, 6.07) is 0. The van der Waals surface area contributed by atoms with Crippen LogP contribution < -0.4 is 5.32 Å². The number of carbonyl (C=O) groups excluding carboxylic acids is 2. The average Bonchev–Trinajstić information content (AvgIpc) is 2.71. The molecule has 5 nitrogen and oxygen atoms in total. The topological polar surface area (TPSA) is 58.6 Å². The maximum Gasteiger partial charge on any atom is 0.226 e. The largest absolute Gasteiger partial charge is 0.381 e. The molecule has 3 heterocycles. The van der Waals surface area contributed by atoms with Gasteiger partial charge in [-0.05, 0) is 38.5 Å². The molecule has 0 aliphatic carbocycles. The van der Waals surface area contributed by atoms with E-state index in [0.29, 0.717) is 13.2 Å². The molecule has 1 atom stereocenters. The number of amides is 2. The van der Waals surface area contributed by atoms with Gasteiger partial charge in [0.2, 0.25) is 11.8 Å². The summed E-state index contributed by atoms with van der Waals surface area (Å²) in [6.45, 7) is 3.76. The van der Waals surface area contributed by atoms with E-state index in [4.69, 9.17) is 4.74 Å². The summed E-state index contributed by atoms with van der Waals surface area (Å²) in [6.07, 6.45) is 5.33. The second kappa shape index (κ2) is 5.72. The number of nitrogens with one attached hydrogen (secondary N) is 1. The number of carbonyl (C=O) groups is 2. The van der Waals surface area contributed by atoms with Gasteiger partial charge in [-0.3, -0.25) is 9.59 Å². The Morgan fingerprint density at radius 1 is 1.20 bits per heavy atom. The van der Waals surface area contributed by atoms with Gasteiger partial charge in [0.15, 0.2) is 0 Å². The fourth-order valence-electron chi connectivity index (χ4n) is 3.81. The van der Waals surface area contributed by atoms with E-state index in [0.717, 1.165) is 58.2 Å². The van der Waals surface area contributed by atoms with Gasteiger partial charge in [-0.1, -0.05) is 0 Å². The normalized spacial score (nSPS) is 32.2. The van der Waals surface area contributed by atoms with Crippen molar-refractivity contribution in [1.82, 2.24) is 10.2 Å². The molecule has 3 aliphatic heterocycles. The van der Waals surface area contributed by atoms with Crippen molar-refractivity contribution < 1.29 is 14.3 Å². The number of hydrogen-bond donors (Lipinski definition) is 1. The molecule has 3 rings (SSSR count). The lowest BCUT2D eigenvalue weighted by Gasteiger charge is -2.29. The molecule has 0 aromatic heterocycles. The van der Waals surface area contributed by atoms with Crippen molar-refractivity contribution in [3.05, 3.63) is 0 Å². The van der Waals surface area contributed by atoms with Gasteiger partial charge >= 0.3 is 0 Å². The highest BCUT2D eigenvalue weighted by molar-refractivity contribution is 5.85. The van der Waals surface area contributed by atoms with Gasteiger partial charge < -0.3 is 15.0 Å². The molecule has 0 aromatic carbocycles. The van der Waals surface area contributed by atoms with Crippen molar-refractivity contribution in [2.45, 2.75) is 38.5 Å². The first-order valence-electron chi connectivity index (χ1n) is 7.86. The first-order chi connectivity index (χ1) is 9.71. The van der Waals surface area contributed by atoms with Crippen LogP contribution in [-0.4, -0.2) is 49.6 Å². The molecule has 3 saturated heterocycles. The zero-order chi connectivity index (χ0) is 14.0. The third kappa shape index (κ3) is 2.55. The highest BCUT2D eigenvalue weighted by Crippen LogP contribution is 2.38. The summed E-state index contributed by atoms with van der Waals surface area (Å²) in [4.78, 5) is 26.6. The molecule has 0 saturated carbocycles. The highest BCUT2D eigenvalue weighted by Gasteiger charge is 2.43. The molecule has 5 heteroatoms. The molecule has 0 aromatic rings. The van der Waals surface area contributed by atoms with Gasteiger partial charge in [-0.2, -0.15) is 0 Å². The number of hydrogen-bond acceptors (Lipinski definition) is 3. The zero-order valence-corrected chi connectivity index (χ0v) is 12.0. The third-order valence-corrected chi connectivity index (χ3v) is 5.20. The van der Waals surface area contributed by atoms with Crippen LogP contribution in [0.3, 0.4) is 0 Å². The SMILES string of the molecule is O=C(C1CCOCC1)N1CCC[C@@]2(CCNC2=O)CC1. The van der Waals surface area contributed by atoms with Crippen LogP contribution in [0.4, 0.5) is 0 Å². The lowest BCUT2D eigenvalue weighted by molar-refractivity contribution is -0.139. The Hall–Kier alpha value is -1.10. The smallest absolute Gasteiger partial charge is 0.226 e. The van der Waals surface area contributed by atoms with Crippen molar-refractivity contribution >= 4 is 11.8 Å². The fourth-order valence-corrected chi connectivity index (χ4v) is 3.81. The van der Waals surface area contributed by atoms with E-state index in [9.17, 15) is 9.59 Å². The minimum Gasteiger partial charge on any atom is -0.381 e. The summed E-state index contributed by atoms with van der Waals surface area (Å²) < 4.78 is 5.33. The van der Waals surface area contributed by atoms with Crippen LogP contribution >= 0.6 is 0 Å². The van der Waals surface area contributed by atoms with E-state index in [2.05, 4.69) is 5.32 Å². The molecule has 1 N–H and O–H groups in total. The standard InChI is InChI=1S/C15H24N2O3/c18-13(12-2-10-20-11-3-12)17-8-1-4-15(6-9-17)5-7-16-14(15)19/h12H,1-11H2,(H,16,19)/t15-/m1/s1. The van der Waals surface area contributed by atoms with Crippen molar-refractivity contribution in [1.29, 1.82) is 0 Å². The Bertz CT molecular complexity index is 393. The number of ether oxygens (including phenoxy) is 1. The van der Waals surface area contributed by atoms with Crippen molar-refractivity contribution in [2.24, 2.45) is 11.3 Å². The van der Waals surface area contributed by atoms with Crippen LogP contribution in [0, 0.1) is 11.3 Å². The van der Waals surface area contributed by atoms with E-state index in [-0.39, 0.29) is 23.1 Å². The van der Waals surface area contributed by atoms with Gasteiger partial charge in [-0.15, -0.1) is 0 Å². The van der Waals surface area contributed by atoms with E-state index in [1.807, 2.05) is 4.90 Å². The molecule has 2 amide bonds. The second-order valence-electron chi connectivity index (χ2n) is 6.35. The quantitative estimate of drug-likeness (QED) is 0.777. The van der Waals surface area contributed by atoms with Crippen LogP contribution in [-0.2, 0) is 14.3 Å². The molecule has 0 bridgehead atoms. The molecule has 1 spiro atoms.